The van der Waals surface area contributed by atoms with Crippen LogP contribution in [-0.4, -0.2) is 37.1 Å². The molecule has 4 rings (SSSR count). The molecule has 28 heavy (non-hydrogen) atoms. The zero-order valence-electron chi connectivity index (χ0n) is 15.8. The Bertz CT molecular complexity index is 983. The molecule has 1 unspecified atom stereocenters. The van der Waals surface area contributed by atoms with E-state index in [9.17, 15) is 4.79 Å². The highest BCUT2D eigenvalue weighted by Crippen LogP contribution is 2.32. The van der Waals surface area contributed by atoms with Gasteiger partial charge in [0.25, 0.3) is 5.91 Å². The van der Waals surface area contributed by atoms with Gasteiger partial charge in [0.1, 0.15) is 0 Å². The number of aromatic nitrogens is 1. The maximum Gasteiger partial charge on any atom is 0.259 e. The molecule has 0 radical (unpaired) electrons. The van der Waals surface area contributed by atoms with Gasteiger partial charge in [0.2, 0.25) is 0 Å². The summed E-state index contributed by atoms with van der Waals surface area (Å²) in [6.45, 7) is 1.96. The van der Waals surface area contributed by atoms with Crippen molar-refractivity contribution in [1.82, 2.24) is 10.3 Å². The van der Waals surface area contributed by atoms with Crippen LogP contribution in [0.25, 0.3) is 10.9 Å². The maximum absolute atomic E-state index is 13.1. The van der Waals surface area contributed by atoms with Crippen LogP contribution in [-0.2, 0) is 0 Å². The van der Waals surface area contributed by atoms with E-state index in [1.54, 1.807) is 30.5 Å². The van der Waals surface area contributed by atoms with E-state index >= 15 is 0 Å². The number of benzene rings is 2. The number of amides is 1. The van der Waals surface area contributed by atoms with Crippen molar-refractivity contribution in [2.24, 2.45) is 0 Å². The highest BCUT2D eigenvalue weighted by Gasteiger charge is 2.24. The molecule has 1 saturated heterocycles. The molecule has 0 spiro atoms. The fourth-order valence-electron chi connectivity index (χ4n) is 3.75. The SMILES string of the molecule is CN(c1c(C(=O)Nc2ccc(Cl)cc2)cnc2ccccc12)C1CCCNC1. The number of carbonyl (C=O) groups is 1. The highest BCUT2D eigenvalue weighted by molar-refractivity contribution is 6.30. The number of piperidine rings is 1. The number of para-hydroxylation sites is 1. The number of anilines is 2. The summed E-state index contributed by atoms with van der Waals surface area (Å²) in [6.07, 6.45) is 3.90. The second-order valence-electron chi connectivity index (χ2n) is 7.11. The summed E-state index contributed by atoms with van der Waals surface area (Å²) < 4.78 is 0. The molecular formula is C22H23ClN4O. The summed E-state index contributed by atoms with van der Waals surface area (Å²) in [4.78, 5) is 19.9. The standard InChI is InChI=1S/C22H23ClN4O/c1-27(17-5-4-12-24-13-17)21-18-6-2-3-7-20(18)25-14-19(21)22(28)26-16-10-8-15(23)9-11-16/h2-3,6-11,14,17,24H,4-5,12-13H2,1H3,(H,26,28). The molecule has 0 bridgehead atoms. The summed E-state index contributed by atoms with van der Waals surface area (Å²) in [6, 6.07) is 15.4. The smallest absolute Gasteiger partial charge is 0.259 e. The zero-order valence-corrected chi connectivity index (χ0v) is 16.5. The predicted molar refractivity (Wildman–Crippen MR) is 115 cm³/mol. The average molecular weight is 395 g/mol. The molecule has 2 heterocycles. The number of fused-ring (bicyclic) bond motifs is 1. The second-order valence-corrected chi connectivity index (χ2v) is 7.55. The first-order valence-corrected chi connectivity index (χ1v) is 9.89. The largest absolute Gasteiger partial charge is 0.369 e. The molecule has 2 N–H and O–H groups in total. The maximum atomic E-state index is 13.1. The van der Waals surface area contributed by atoms with Crippen molar-refractivity contribution < 1.29 is 4.79 Å². The van der Waals surface area contributed by atoms with Gasteiger partial charge in [-0.1, -0.05) is 29.8 Å². The first-order valence-electron chi connectivity index (χ1n) is 9.51. The van der Waals surface area contributed by atoms with Crippen molar-refractivity contribution >= 4 is 39.8 Å². The molecule has 1 fully saturated rings. The van der Waals surface area contributed by atoms with E-state index in [0.29, 0.717) is 22.3 Å². The van der Waals surface area contributed by atoms with Gasteiger partial charge >= 0.3 is 0 Å². The first kappa shape index (κ1) is 18.7. The molecule has 144 valence electrons. The van der Waals surface area contributed by atoms with E-state index in [0.717, 1.165) is 42.5 Å². The number of halogens is 1. The molecule has 1 aromatic heterocycles. The van der Waals surface area contributed by atoms with Crippen LogP contribution in [0.4, 0.5) is 11.4 Å². The summed E-state index contributed by atoms with van der Waals surface area (Å²) in [7, 11) is 2.07. The topological polar surface area (TPSA) is 57.3 Å². The Balaban J connectivity index is 1.74. The Hall–Kier alpha value is -2.63. The molecule has 1 atom stereocenters. The second kappa shape index (κ2) is 8.17. The lowest BCUT2D eigenvalue weighted by Crippen LogP contribution is -2.44. The van der Waals surface area contributed by atoms with E-state index in [1.165, 1.54) is 0 Å². The molecule has 0 saturated carbocycles. The first-order chi connectivity index (χ1) is 13.6. The molecule has 1 amide bonds. The molecule has 0 aliphatic carbocycles. The Morgan fingerprint density at radius 1 is 1.21 bits per heavy atom. The van der Waals surface area contributed by atoms with Crippen LogP contribution in [0.5, 0.6) is 0 Å². The number of carbonyl (C=O) groups excluding carboxylic acids is 1. The number of pyridine rings is 1. The van der Waals surface area contributed by atoms with E-state index in [-0.39, 0.29) is 5.91 Å². The van der Waals surface area contributed by atoms with Crippen LogP contribution in [0, 0.1) is 0 Å². The van der Waals surface area contributed by atoms with Crippen LogP contribution in [0.1, 0.15) is 23.2 Å². The Labute approximate surface area is 169 Å². The average Bonchev–Trinajstić information content (AvgIpc) is 2.74. The zero-order chi connectivity index (χ0) is 19.5. The predicted octanol–water partition coefficient (Wildman–Crippen LogP) is 4.33. The van der Waals surface area contributed by atoms with Crippen LogP contribution >= 0.6 is 11.6 Å². The van der Waals surface area contributed by atoms with E-state index in [4.69, 9.17) is 11.6 Å². The normalized spacial score (nSPS) is 16.7. The van der Waals surface area contributed by atoms with Crippen LogP contribution in [0.15, 0.2) is 54.7 Å². The van der Waals surface area contributed by atoms with Gasteiger partial charge < -0.3 is 15.5 Å². The van der Waals surface area contributed by atoms with Gasteiger partial charge in [0.15, 0.2) is 0 Å². The van der Waals surface area contributed by atoms with E-state index in [1.807, 2.05) is 24.3 Å². The fourth-order valence-corrected chi connectivity index (χ4v) is 3.88. The number of nitrogens with one attached hydrogen (secondary N) is 2. The molecular weight excluding hydrogens is 372 g/mol. The quantitative estimate of drug-likeness (QED) is 0.691. The van der Waals surface area contributed by atoms with Crippen molar-refractivity contribution in [3.05, 3.63) is 65.3 Å². The van der Waals surface area contributed by atoms with E-state index in [2.05, 4.69) is 27.6 Å². The minimum Gasteiger partial charge on any atom is -0.369 e. The van der Waals surface area contributed by atoms with Gasteiger partial charge in [0, 0.05) is 41.9 Å². The van der Waals surface area contributed by atoms with Crippen molar-refractivity contribution in [2.45, 2.75) is 18.9 Å². The van der Waals surface area contributed by atoms with E-state index < -0.39 is 0 Å². The third kappa shape index (κ3) is 3.81. The summed E-state index contributed by atoms with van der Waals surface area (Å²) in [5, 5.41) is 8.05. The minimum absolute atomic E-state index is 0.175. The van der Waals surface area contributed by atoms with Crippen LogP contribution < -0.4 is 15.5 Å². The number of nitrogens with zero attached hydrogens (tertiary/aromatic N) is 2. The molecule has 5 nitrogen and oxygen atoms in total. The van der Waals surface area contributed by atoms with Gasteiger partial charge in [0.05, 0.1) is 16.8 Å². The lowest BCUT2D eigenvalue weighted by atomic mass is 10.0. The van der Waals surface area contributed by atoms with Crippen molar-refractivity contribution in [3.8, 4) is 0 Å². The Kier molecular flexibility index (Phi) is 5.46. The number of hydrogen-bond donors (Lipinski definition) is 2. The summed E-state index contributed by atoms with van der Waals surface area (Å²) in [5.74, 6) is -0.175. The lowest BCUT2D eigenvalue weighted by Gasteiger charge is -2.35. The Morgan fingerprint density at radius 2 is 2.00 bits per heavy atom. The fraction of sp³-hybridized carbons (Fsp3) is 0.273. The molecule has 1 aliphatic rings. The lowest BCUT2D eigenvalue weighted by molar-refractivity contribution is 0.102. The molecule has 6 heteroatoms. The third-order valence-electron chi connectivity index (χ3n) is 5.27. The number of hydrogen-bond acceptors (Lipinski definition) is 4. The monoisotopic (exact) mass is 394 g/mol. The Morgan fingerprint density at radius 3 is 2.75 bits per heavy atom. The van der Waals surface area contributed by atoms with Gasteiger partial charge in [-0.05, 0) is 49.7 Å². The van der Waals surface area contributed by atoms with Gasteiger partial charge in [-0.3, -0.25) is 9.78 Å². The number of likely N-dealkylation sites (N-methyl/N-ethyl adjacent to an activating group) is 1. The molecule has 3 aromatic rings. The summed E-state index contributed by atoms with van der Waals surface area (Å²) >= 11 is 5.95. The van der Waals surface area contributed by atoms with Crippen molar-refractivity contribution in [3.63, 3.8) is 0 Å². The van der Waals surface area contributed by atoms with Crippen LogP contribution in [0.2, 0.25) is 5.02 Å². The van der Waals surface area contributed by atoms with Crippen LogP contribution in [0.3, 0.4) is 0 Å². The molecule has 1 aliphatic heterocycles. The third-order valence-corrected chi connectivity index (χ3v) is 5.52. The molecule has 2 aromatic carbocycles. The highest BCUT2D eigenvalue weighted by atomic mass is 35.5. The van der Waals surface area contributed by atoms with Crippen molar-refractivity contribution in [2.75, 3.05) is 30.4 Å². The van der Waals surface area contributed by atoms with Gasteiger partial charge in [-0.2, -0.15) is 0 Å². The van der Waals surface area contributed by atoms with Gasteiger partial charge in [-0.15, -0.1) is 0 Å². The number of rotatable bonds is 4. The van der Waals surface area contributed by atoms with Gasteiger partial charge in [-0.25, -0.2) is 0 Å². The minimum atomic E-state index is -0.175. The summed E-state index contributed by atoms with van der Waals surface area (Å²) in [5.41, 5.74) is 3.08. The van der Waals surface area contributed by atoms with Crippen molar-refractivity contribution in [1.29, 1.82) is 0 Å².